The number of nitrogens with two attached hydrogens (primary N) is 1. The van der Waals surface area contributed by atoms with Crippen LogP contribution in [0.3, 0.4) is 0 Å². The van der Waals surface area contributed by atoms with Crippen molar-refractivity contribution in [1.29, 1.82) is 0 Å². The second kappa shape index (κ2) is 5.21. The van der Waals surface area contributed by atoms with Crippen LogP contribution in [0.1, 0.15) is 24.0 Å². The van der Waals surface area contributed by atoms with Crippen LogP contribution in [0.4, 0.5) is 0 Å². The number of hydrogen-bond acceptors (Lipinski definition) is 4. The van der Waals surface area contributed by atoms with Crippen molar-refractivity contribution >= 4 is 11.0 Å². The number of likely N-dealkylation sites (tertiary alicyclic amines) is 1. The molecule has 1 saturated heterocycles. The van der Waals surface area contributed by atoms with Crippen molar-refractivity contribution in [3.05, 3.63) is 45.8 Å². The van der Waals surface area contributed by atoms with E-state index in [1.165, 1.54) is 12.8 Å². The van der Waals surface area contributed by atoms with Crippen molar-refractivity contribution in [2.24, 2.45) is 17.6 Å². The molecule has 4 nitrogen and oxygen atoms in total. The van der Waals surface area contributed by atoms with Crippen LogP contribution < -0.4 is 11.4 Å². The summed E-state index contributed by atoms with van der Waals surface area (Å²) in [5.74, 6) is 1.37. The number of fused-ring (bicyclic) bond motifs is 2. The van der Waals surface area contributed by atoms with Crippen LogP contribution >= 0.6 is 0 Å². The van der Waals surface area contributed by atoms with Crippen LogP contribution in [-0.2, 0) is 6.54 Å². The van der Waals surface area contributed by atoms with Crippen LogP contribution in [-0.4, -0.2) is 24.0 Å². The van der Waals surface area contributed by atoms with E-state index in [0.29, 0.717) is 17.5 Å². The average molecular weight is 298 g/mol. The molecule has 116 valence electrons. The van der Waals surface area contributed by atoms with Gasteiger partial charge in [0, 0.05) is 37.1 Å². The topological polar surface area (TPSA) is 59.5 Å². The quantitative estimate of drug-likeness (QED) is 0.864. The maximum atomic E-state index is 11.8. The number of rotatable bonds is 2. The molecule has 0 spiro atoms. The standard InChI is InChI=1S/C18H22N2O2/c1-11-2-4-14-13(7-18(21)22-17(14)6-11)9-20-8-12-3-5-16(19)15(12)10-20/h2,4,6-7,12,15-16H,3,5,8-10,19H2,1H3. The lowest BCUT2D eigenvalue weighted by Crippen LogP contribution is -2.30. The van der Waals surface area contributed by atoms with Gasteiger partial charge in [-0.05, 0) is 48.8 Å². The first-order valence-electron chi connectivity index (χ1n) is 8.11. The first-order valence-corrected chi connectivity index (χ1v) is 8.11. The molecule has 1 aliphatic carbocycles. The van der Waals surface area contributed by atoms with Gasteiger partial charge in [0.05, 0.1) is 0 Å². The molecular weight excluding hydrogens is 276 g/mol. The number of hydrogen-bond donors (Lipinski definition) is 1. The lowest BCUT2D eigenvalue weighted by atomic mass is 9.98. The molecule has 22 heavy (non-hydrogen) atoms. The van der Waals surface area contributed by atoms with Gasteiger partial charge >= 0.3 is 5.63 Å². The van der Waals surface area contributed by atoms with Gasteiger partial charge in [-0.1, -0.05) is 12.1 Å². The van der Waals surface area contributed by atoms with E-state index in [0.717, 1.165) is 42.1 Å². The molecule has 2 N–H and O–H groups in total. The molecule has 1 aromatic carbocycles. The smallest absolute Gasteiger partial charge is 0.336 e. The zero-order valence-corrected chi connectivity index (χ0v) is 12.9. The lowest BCUT2D eigenvalue weighted by Gasteiger charge is -2.19. The Bertz CT molecular complexity index is 767. The Hall–Kier alpha value is -1.65. The van der Waals surface area contributed by atoms with E-state index < -0.39 is 0 Å². The van der Waals surface area contributed by atoms with Crippen molar-refractivity contribution in [3.63, 3.8) is 0 Å². The van der Waals surface area contributed by atoms with Gasteiger partial charge in [0.25, 0.3) is 0 Å². The van der Waals surface area contributed by atoms with Gasteiger partial charge in [0.15, 0.2) is 0 Å². The summed E-state index contributed by atoms with van der Waals surface area (Å²) in [7, 11) is 0. The molecule has 2 fully saturated rings. The van der Waals surface area contributed by atoms with Gasteiger partial charge in [-0.2, -0.15) is 0 Å². The Morgan fingerprint density at radius 3 is 2.95 bits per heavy atom. The molecule has 1 aromatic heterocycles. The Labute approximate surface area is 129 Å². The van der Waals surface area contributed by atoms with E-state index in [4.69, 9.17) is 10.2 Å². The summed E-state index contributed by atoms with van der Waals surface area (Å²) in [5, 5.41) is 1.05. The maximum Gasteiger partial charge on any atom is 0.336 e. The first kappa shape index (κ1) is 14.0. The molecule has 4 heteroatoms. The second-order valence-electron chi connectivity index (χ2n) is 6.95. The zero-order chi connectivity index (χ0) is 15.3. The summed E-state index contributed by atoms with van der Waals surface area (Å²) < 4.78 is 5.35. The van der Waals surface area contributed by atoms with Gasteiger partial charge in [-0.3, -0.25) is 4.90 Å². The minimum atomic E-state index is -0.260. The van der Waals surface area contributed by atoms with Crippen LogP contribution in [0.25, 0.3) is 11.0 Å². The van der Waals surface area contributed by atoms with Crippen molar-refractivity contribution in [2.75, 3.05) is 13.1 Å². The largest absolute Gasteiger partial charge is 0.423 e. The SMILES string of the molecule is Cc1ccc2c(CN3CC4CCC(N)C4C3)cc(=O)oc2c1. The summed E-state index contributed by atoms with van der Waals surface area (Å²) in [4.78, 5) is 14.3. The van der Waals surface area contributed by atoms with Crippen LogP contribution in [0.2, 0.25) is 0 Å². The van der Waals surface area contributed by atoms with Crippen molar-refractivity contribution in [2.45, 2.75) is 32.4 Å². The minimum absolute atomic E-state index is 0.260. The Balaban J connectivity index is 1.63. The van der Waals surface area contributed by atoms with Crippen molar-refractivity contribution in [1.82, 2.24) is 4.90 Å². The van der Waals surface area contributed by atoms with Gasteiger partial charge < -0.3 is 10.2 Å². The summed E-state index contributed by atoms with van der Waals surface area (Å²) in [6.45, 7) is 4.98. The highest BCUT2D eigenvalue weighted by Gasteiger charge is 2.40. The number of nitrogens with zero attached hydrogens (tertiary/aromatic N) is 1. The molecular formula is C18H22N2O2. The molecule has 0 radical (unpaired) electrons. The number of benzene rings is 1. The van der Waals surface area contributed by atoms with E-state index in [1.54, 1.807) is 6.07 Å². The monoisotopic (exact) mass is 298 g/mol. The first-order chi connectivity index (χ1) is 10.6. The fourth-order valence-corrected chi connectivity index (χ4v) is 4.24. The summed E-state index contributed by atoms with van der Waals surface area (Å²) in [6, 6.07) is 8.07. The van der Waals surface area contributed by atoms with Crippen LogP contribution in [0.15, 0.2) is 33.5 Å². The molecule has 2 aliphatic rings. The Morgan fingerprint density at radius 2 is 2.14 bits per heavy atom. The van der Waals surface area contributed by atoms with E-state index in [-0.39, 0.29) is 5.63 Å². The third-order valence-electron chi connectivity index (χ3n) is 5.37. The molecule has 2 heterocycles. The molecule has 1 aliphatic heterocycles. The highest BCUT2D eigenvalue weighted by atomic mass is 16.4. The second-order valence-corrected chi connectivity index (χ2v) is 6.95. The van der Waals surface area contributed by atoms with Gasteiger partial charge in [-0.15, -0.1) is 0 Å². The molecule has 3 atom stereocenters. The van der Waals surface area contributed by atoms with Crippen LogP contribution in [0, 0.1) is 18.8 Å². The normalized spacial score (nSPS) is 28.4. The minimum Gasteiger partial charge on any atom is -0.423 e. The highest BCUT2D eigenvalue weighted by molar-refractivity contribution is 5.80. The average Bonchev–Trinajstić information content (AvgIpc) is 3.00. The summed E-state index contributed by atoms with van der Waals surface area (Å²) in [5.41, 5.74) is 8.82. The Kier molecular flexibility index (Phi) is 3.31. The van der Waals surface area contributed by atoms with E-state index >= 15 is 0 Å². The molecule has 2 aromatic rings. The molecule has 0 amide bonds. The molecule has 3 unspecified atom stereocenters. The molecule has 4 rings (SSSR count). The van der Waals surface area contributed by atoms with E-state index in [1.807, 2.05) is 13.0 Å². The predicted octanol–water partition coefficient (Wildman–Crippen LogP) is 2.27. The van der Waals surface area contributed by atoms with Gasteiger partial charge in [-0.25, -0.2) is 4.79 Å². The fraction of sp³-hybridized carbons (Fsp3) is 0.500. The zero-order valence-electron chi connectivity index (χ0n) is 12.9. The fourth-order valence-electron chi connectivity index (χ4n) is 4.24. The lowest BCUT2D eigenvalue weighted by molar-refractivity contribution is 0.298. The van der Waals surface area contributed by atoms with Gasteiger partial charge in [0.2, 0.25) is 0 Å². The number of aryl methyl sites for hydroxylation is 1. The predicted molar refractivity (Wildman–Crippen MR) is 86.7 cm³/mol. The highest BCUT2D eigenvalue weighted by Crippen LogP contribution is 2.37. The van der Waals surface area contributed by atoms with Crippen molar-refractivity contribution in [3.8, 4) is 0 Å². The molecule has 0 bridgehead atoms. The Morgan fingerprint density at radius 1 is 1.27 bits per heavy atom. The maximum absolute atomic E-state index is 11.8. The van der Waals surface area contributed by atoms with Crippen LogP contribution in [0.5, 0.6) is 0 Å². The summed E-state index contributed by atoms with van der Waals surface area (Å²) in [6.07, 6.45) is 2.42. The van der Waals surface area contributed by atoms with Crippen molar-refractivity contribution < 1.29 is 4.42 Å². The summed E-state index contributed by atoms with van der Waals surface area (Å²) >= 11 is 0. The van der Waals surface area contributed by atoms with Gasteiger partial charge in [0.1, 0.15) is 5.58 Å². The third-order valence-corrected chi connectivity index (χ3v) is 5.37. The van der Waals surface area contributed by atoms with E-state index in [2.05, 4.69) is 17.0 Å². The third kappa shape index (κ3) is 2.36. The van der Waals surface area contributed by atoms with E-state index in [9.17, 15) is 4.79 Å². The molecule has 1 saturated carbocycles.